The van der Waals surface area contributed by atoms with Crippen LogP contribution in [-0.2, 0) is 11.3 Å². The molecule has 0 aliphatic carbocycles. The number of fused-ring (bicyclic) bond motifs is 1. The van der Waals surface area contributed by atoms with Crippen LogP contribution in [-0.4, -0.2) is 50.5 Å². The third-order valence-corrected chi connectivity index (χ3v) is 4.84. The molecule has 4 heterocycles. The van der Waals surface area contributed by atoms with Gasteiger partial charge in [0.15, 0.2) is 0 Å². The fraction of sp³-hybridized carbons (Fsp3) is 0.467. The average molecular weight is 330 g/mol. The first-order chi connectivity index (χ1) is 11.2. The third-order valence-electron chi connectivity index (χ3n) is 4.02. The van der Waals surface area contributed by atoms with Crippen molar-refractivity contribution in [2.45, 2.75) is 26.5 Å². The quantitative estimate of drug-likeness (QED) is 0.729. The van der Waals surface area contributed by atoms with E-state index in [0.29, 0.717) is 13.2 Å². The number of ether oxygens (including phenoxy) is 1. The van der Waals surface area contributed by atoms with E-state index in [0.717, 1.165) is 40.8 Å². The van der Waals surface area contributed by atoms with Crippen LogP contribution in [0.4, 0.5) is 5.82 Å². The third kappa shape index (κ3) is 2.79. The standard InChI is InChI=1S/C15H18N6OS/c1-10-18-11(2)21(19-10)8-12-7-20(4-5-22-12)14-13-3-6-23-15(13)17-9-16-14/h3,6,9,12H,4-5,7-8H2,1-2H3/t12-/m1/s1. The minimum absolute atomic E-state index is 0.0761. The van der Waals surface area contributed by atoms with Gasteiger partial charge in [0, 0.05) is 13.1 Å². The number of hydrogen-bond donors (Lipinski definition) is 0. The first-order valence-corrected chi connectivity index (χ1v) is 8.51. The molecule has 1 fully saturated rings. The van der Waals surface area contributed by atoms with Gasteiger partial charge in [0.1, 0.15) is 28.6 Å². The minimum Gasteiger partial charge on any atom is -0.373 e. The predicted molar refractivity (Wildman–Crippen MR) is 88.9 cm³/mol. The lowest BCUT2D eigenvalue weighted by Gasteiger charge is -2.34. The monoisotopic (exact) mass is 330 g/mol. The Hall–Kier alpha value is -2.06. The van der Waals surface area contributed by atoms with Gasteiger partial charge in [0.2, 0.25) is 0 Å². The van der Waals surface area contributed by atoms with Crippen molar-refractivity contribution in [1.29, 1.82) is 0 Å². The lowest BCUT2D eigenvalue weighted by molar-refractivity contribution is 0.0268. The van der Waals surface area contributed by atoms with Crippen molar-refractivity contribution in [2.24, 2.45) is 0 Å². The molecule has 0 bridgehead atoms. The van der Waals surface area contributed by atoms with Gasteiger partial charge in [-0.05, 0) is 25.3 Å². The molecule has 0 amide bonds. The van der Waals surface area contributed by atoms with Gasteiger partial charge in [-0.2, -0.15) is 5.10 Å². The molecule has 1 saturated heterocycles. The highest BCUT2D eigenvalue weighted by Gasteiger charge is 2.24. The highest BCUT2D eigenvalue weighted by atomic mass is 32.1. The van der Waals surface area contributed by atoms with E-state index >= 15 is 0 Å². The topological polar surface area (TPSA) is 69.0 Å². The Kier molecular flexibility index (Phi) is 3.70. The molecule has 23 heavy (non-hydrogen) atoms. The summed E-state index contributed by atoms with van der Waals surface area (Å²) in [5.74, 6) is 2.72. The number of anilines is 1. The zero-order valence-electron chi connectivity index (χ0n) is 13.1. The summed E-state index contributed by atoms with van der Waals surface area (Å²) in [5.41, 5.74) is 0. The molecule has 0 spiro atoms. The van der Waals surface area contributed by atoms with E-state index in [1.54, 1.807) is 17.7 Å². The fourth-order valence-electron chi connectivity index (χ4n) is 2.98. The average Bonchev–Trinajstić information content (AvgIpc) is 3.14. The van der Waals surface area contributed by atoms with Gasteiger partial charge in [-0.15, -0.1) is 11.3 Å². The Morgan fingerprint density at radius 1 is 1.35 bits per heavy atom. The molecule has 3 aromatic heterocycles. The summed E-state index contributed by atoms with van der Waals surface area (Å²) < 4.78 is 7.84. The van der Waals surface area contributed by atoms with Crippen LogP contribution < -0.4 is 4.90 Å². The van der Waals surface area contributed by atoms with Gasteiger partial charge in [-0.25, -0.2) is 19.6 Å². The van der Waals surface area contributed by atoms with Crippen molar-refractivity contribution in [3.8, 4) is 0 Å². The highest BCUT2D eigenvalue weighted by Crippen LogP contribution is 2.27. The number of thiophene rings is 1. The van der Waals surface area contributed by atoms with Crippen LogP contribution in [0.2, 0.25) is 0 Å². The van der Waals surface area contributed by atoms with Gasteiger partial charge in [0.05, 0.1) is 24.6 Å². The summed E-state index contributed by atoms with van der Waals surface area (Å²) in [6.07, 6.45) is 1.72. The minimum atomic E-state index is 0.0761. The van der Waals surface area contributed by atoms with Gasteiger partial charge < -0.3 is 9.64 Å². The Morgan fingerprint density at radius 2 is 2.26 bits per heavy atom. The maximum absolute atomic E-state index is 5.92. The fourth-order valence-corrected chi connectivity index (χ4v) is 3.71. The molecule has 7 nitrogen and oxygen atoms in total. The second-order valence-electron chi connectivity index (χ2n) is 5.66. The van der Waals surface area contributed by atoms with Gasteiger partial charge in [-0.3, -0.25) is 0 Å². The normalized spacial score (nSPS) is 18.7. The van der Waals surface area contributed by atoms with E-state index < -0.39 is 0 Å². The molecule has 0 radical (unpaired) electrons. The number of hydrogen-bond acceptors (Lipinski definition) is 7. The summed E-state index contributed by atoms with van der Waals surface area (Å²) in [5, 5.41) is 7.60. The SMILES string of the molecule is Cc1nc(C)n(C[C@H]2CN(c3ncnc4sccc34)CCO2)n1. The number of rotatable bonds is 3. The zero-order valence-corrected chi connectivity index (χ0v) is 14.0. The molecule has 1 atom stereocenters. The summed E-state index contributed by atoms with van der Waals surface area (Å²) in [4.78, 5) is 16.5. The molecule has 1 aliphatic heterocycles. The van der Waals surface area contributed by atoms with Crippen LogP contribution in [0.25, 0.3) is 10.2 Å². The van der Waals surface area contributed by atoms with E-state index in [2.05, 4.69) is 36.4 Å². The van der Waals surface area contributed by atoms with Gasteiger partial charge in [0.25, 0.3) is 0 Å². The molecule has 0 N–H and O–H groups in total. The van der Waals surface area contributed by atoms with Crippen LogP contribution >= 0.6 is 11.3 Å². The molecule has 0 unspecified atom stereocenters. The van der Waals surface area contributed by atoms with Crippen molar-refractivity contribution >= 4 is 27.4 Å². The van der Waals surface area contributed by atoms with E-state index in [-0.39, 0.29) is 6.10 Å². The molecule has 0 aromatic carbocycles. The Balaban J connectivity index is 1.55. The molecular formula is C15H18N6OS. The van der Waals surface area contributed by atoms with E-state index in [1.165, 1.54) is 0 Å². The van der Waals surface area contributed by atoms with Crippen LogP contribution in [0, 0.1) is 13.8 Å². The Labute approximate surface area is 137 Å². The predicted octanol–water partition coefficient (Wildman–Crippen LogP) is 1.81. The molecule has 120 valence electrons. The Morgan fingerprint density at radius 3 is 3.09 bits per heavy atom. The van der Waals surface area contributed by atoms with Crippen molar-refractivity contribution in [3.63, 3.8) is 0 Å². The molecule has 0 saturated carbocycles. The molecule has 3 aromatic rings. The number of aromatic nitrogens is 5. The van der Waals surface area contributed by atoms with E-state index in [1.807, 2.05) is 18.5 Å². The Bertz CT molecular complexity index is 828. The highest BCUT2D eigenvalue weighted by molar-refractivity contribution is 7.16. The summed E-state index contributed by atoms with van der Waals surface area (Å²) in [7, 11) is 0. The van der Waals surface area contributed by atoms with Crippen molar-refractivity contribution in [1.82, 2.24) is 24.7 Å². The van der Waals surface area contributed by atoms with Crippen LogP contribution in [0.15, 0.2) is 17.8 Å². The first-order valence-electron chi connectivity index (χ1n) is 7.63. The van der Waals surface area contributed by atoms with Gasteiger partial charge in [-0.1, -0.05) is 0 Å². The number of aryl methyl sites for hydroxylation is 2. The van der Waals surface area contributed by atoms with Crippen molar-refractivity contribution in [3.05, 3.63) is 29.4 Å². The lowest BCUT2D eigenvalue weighted by Crippen LogP contribution is -2.45. The summed E-state index contributed by atoms with van der Waals surface area (Å²) in [6.45, 7) is 6.91. The van der Waals surface area contributed by atoms with Gasteiger partial charge >= 0.3 is 0 Å². The number of morpholine rings is 1. The van der Waals surface area contributed by atoms with Crippen LogP contribution in [0.5, 0.6) is 0 Å². The smallest absolute Gasteiger partial charge is 0.147 e. The van der Waals surface area contributed by atoms with Crippen molar-refractivity contribution < 1.29 is 4.74 Å². The van der Waals surface area contributed by atoms with Crippen molar-refractivity contribution in [2.75, 3.05) is 24.6 Å². The largest absolute Gasteiger partial charge is 0.373 e. The first kappa shape index (κ1) is 14.5. The molecule has 4 rings (SSSR count). The second kappa shape index (κ2) is 5.86. The molecule has 8 heteroatoms. The summed E-state index contributed by atoms with van der Waals surface area (Å²) >= 11 is 1.64. The number of nitrogens with zero attached hydrogens (tertiary/aromatic N) is 6. The lowest BCUT2D eigenvalue weighted by atomic mass is 10.2. The maximum Gasteiger partial charge on any atom is 0.147 e. The zero-order chi connectivity index (χ0) is 15.8. The van der Waals surface area contributed by atoms with E-state index in [4.69, 9.17) is 4.74 Å². The molecule has 1 aliphatic rings. The van der Waals surface area contributed by atoms with Crippen LogP contribution in [0.3, 0.4) is 0 Å². The second-order valence-corrected chi connectivity index (χ2v) is 6.56. The maximum atomic E-state index is 5.92. The van der Waals surface area contributed by atoms with E-state index in [9.17, 15) is 0 Å². The summed E-state index contributed by atoms with van der Waals surface area (Å²) in [6, 6.07) is 2.09. The molecular weight excluding hydrogens is 312 g/mol. The van der Waals surface area contributed by atoms with Crippen LogP contribution in [0.1, 0.15) is 11.6 Å².